The van der Waals surface area contributed by atoms with Crippen molar-refractivity contribution in [2.75, 3.05) is 7.11 Å². The molecule has 0 saturated carbocycles. The van der Waals surface area contributed by atoms with Gasteiger partial charge in [-0.25, -0.2) is 4.98 Å². The zero-order valence-corrected chi connectivity index (χ0v) is 16.4. The van der Waals surface area contributed by atoms with Crippen LogP contribution in [0.15, 0.2) is 96.5 Å². The van der Waals surface area contributed by atoms with E-state index in [2.05, 4.69) is 17.1 Å². The Labute approximate surface area is 170 Å². The van der Waals surface area contributed by atoms with Gasteiger partial charge in [-0.15, -0.1) is 0 Å². The van der Waals surface area contributed by atoms with Crippen molar-refractivity contribution < 1.29 is 14.2 Å². The summed E-state index contributed by atoms with van der Waals surface area (Å²) in [7, 11) is 1.67. The van der Waals surface area contributed by atoms with Gasteiger partial charge in [0.15, 0.2) is 0 Å². The van der Waals surface area contributed by atoms with Gasteiger partial charge in [-0.3, -0.25) is 0 Å². The van der Waals surface area contributed by atoms with Crippen molar-refractivity contribution in [2.24, 2.45) is 0 Å². The molecule has 146 valence electrons. The molecule has 1 aliphatic rings. The number of nitrogens with zero attached hydrogens (tertiary/aromatic N) is 1. The quantitative estimate of drug-likeness (QED) is 0.523. The first-order valence-electron chi connectivity index (χ1n) is 9.61. The largest absolute Gasteiger partial charge is 0.496 e. The molecule has 3 aromatic rings. The molecule has 0 radical (unpaired) electrons. The van der Waals surface area contributed by atoms with E-state index in [0.717, 1.165) is 39.4 Å². The molecule has 0 amide bonds. The lowest BCUT2D eigenvalue weighted by Crippen LogP contribution is -1.97. The topological polar surface area (TPSA) is 40.6 Å². The highest BCUT2D eigenvalue weighted by Crippen LogP contribution is 2.21. The fourth-order valence-electron chi connectivity index (χ4n) is 3.14. The Kier molecular flexibility index (Phi) is 5.91. The molecule has 2 aromatic carbocycles. The molecule has 4 nitrogen and oxygen atoms in total. The summed E-state index contributed by atoms with van der Waals surface area (Å²) in [6.07, 6.45) is 8.56. The number of para-hydroxylation sites is 2. The first-order chi connectivity index (χ1) is 14.3. The highest BCUT2D eigenvalue weighted by molar-refractivity contribution is 5.78. The van der Waals surface area contributed by atoms with Crippen LogP contribution in [0, 0.1) is 0 Å². The number of rotatable bonds is 7. The van der Waals surface area contributed by atoms with Crippen LogP contribution in [-0.4, -0.2) is 12.1 Å². The molecule has 0 saturated heterocycles. The molecule has 4 heteroatoms. The van der Waals surface area contributed by atoms with Gasteiger partial charge in [-0.1, -0.05) is 48.5 Å². The number of aromatic nitrogens is 1. The van der Waals surface area contributed by atoms with E-state index in [1.165, 1.54) is 0 Å². The average molecular weight is 385 g/mol. The molecule has 0 spiro atoms. The maximum Gasteiger partial charge on any atom is 0.130 e. The zero-order chi connectivity index (χ0) is 19.9. The number of benzene rings is 2. The Hall–Kier alpha value is -3.53. The van der Waals surface area contributed by atoms with Crippen LogP contribution in [0.1, 0.15) is 17.7 Å². The van der Waals surface area contributed by atoms with E-state index in [9.17, 15) is 0 Å². The summed E-state index contributed by atoms with van der Waals surface area (Å²) in [5.74, 6) is 2.53. The molecule has 0 aliphatic heterocycles. The van der Waals surface area contributed by atoms with Crippen LogP contribution >= 0.6 is 0 Å². The van der Waals surface area contributed by atoms with Gasteiger partial charge in [0.2, 0.25) is 0 Å². The van der Waals surface area contributed by atoms with Crippen molar-refractivity contribution in [2.45, 2.75) is 19.6 Å². The monoisotopic (exact) mass is 385 g/mol. The molecule has 1 heterocycles. The van der Waals surface area contributed by atoms with E-state index >= 15 is 0 Å². The Bertz CT molecular complexity index is 1080. The van der Waals surface area contributed by atoms with Crippen molar-refractivity contribution >= 4 is 10.9 Å². The fourth-order valence-corrected chi connectivity index (χ4v) is 3.14. The van der Waals surface area contributed by atoms with E-state index in [0.29, 0.717) is 19.6 Å². The van der Waals surface area contributed by atoms with Crippen molar-refractivity contribution in [1.82, 2.24) is 4.98 Å². The zero-order valence-electron chi connectivity index (χ0n) is 16.4. The van der Waals surface area contributed by atoms with Crippen molar-refractivity contribution in [3.05, 3.63) is 108 Å². The third-order valence-electron chi connectivity index (χ3n) is 4.70. The van der Waals surface area contributed by atoms with Gasteiger partial charge in [-0.05, 0) is 36.4 Å². The smallest absolute Gasteiger partial charge is 0.130 e. The molecular formula is C25H23NO3. The van der Waals surface area contributed by atoms with E-state index in [1.807, 2.05) is 72.8 Å². The fraction of sp³-hybridized carbons (Fsp3) is 0.160. The Morgan fingerprint density at radius 3 is 2.69 bits per heavy atom. The van der Waals surface area contributed by atoms with E-state index in [4.69, 9.17) is 14.2 Å². The Morgan fingerprint density at radius 2 is 1.76 bits per heavy atom. The first-order valence-corrected chi connectivity index (χ1v) is 9.61. The van der Waals surface area contributed by atoms with Gasteiger partial charge in [0.25, 0.3) is 0 Å². The number of hydrogen-bond donors (Lipinski definition) is 0. The molecule has 0 fully saturated rings. The van der Waals surface area contributed by atoms with Crippen molar-refractivity contribution in [3.8, 4) is 5.75 Å². The third-order valence-corrected chi connectivity index (χ3v) is 4.70. The summed E-state index contributed by atoms with van der Waals surface area (Å²) < 4.78 is 17.3. The van der Waals surface area contributed by atoms with Crippen LogP contribution in [-0.2, 0) is 22.7 Å². The SMILES string of the molecule is COc1ccccc1COC1=CCC(OCc2ccc3ccccc3n2)=CC=C1. The van der Waals surface area contributed by atoms with Crippen LogP contribution in [0.4, 0.5) is 0 Å². The van der Waals surface area contributed by atoms with Crippen molar-refractivity contribution in [3.63, 3.8) is 0 Å². The van der Waals surface area contributed by atoms with E-state index < -0.39 is 0 Å². The number of allylic oxidation sites excluding steroid dienone is 4. The van der Waals surface area contributed by atoms with Crippen LogP contribution in [0.25, 0.3) is 10.9 Å². The van der Waals surface area contributed by atoms with Gasteiger partial charge >= 0.3 is 0 Å². The highest BCUT2D eigenvalue weighted by Gasteiger charge is 2.06. The number of fused-ring (bicyclic) bond motifs is 1. The predicted octanol–water partition coefficient (Wildman–Crippen LogP) is 5.70. The minimum Gasteiger partial charge on any atom is -0.496 e. The van der Waals surface area contributed by atoms with Gasteiger partial charge < -0.3 is 14.2 Å². The summed E-state index contributed by atoms with van der Waals surface area (Å²) in [6, 6.07) is 20.0. The van der Waals surface area contributed by atoms with Crippen LogP contribution < -0.4 is 4.74 Å². The minimum atomic E-state index is 0.440. The van der Waals surface area contributed by atoms with Crippen molar-refractivity contribution in [1.29, 1.82) is 0 Å². The summed E-state index contributed by atoms with van der Waals surface area (Å²) >= 11 is 0. The average Bonchev–Trinajstić information content (AvgIpc) is 3.01. The number of ether oxygens (including phenoxy) is 3. The number of methoxy groups -OCH3 is 1. The van der Waals surface area contributed by atoms with Gasteiger partial charge in [0.1, 0.15) is 30.5 Å². The second-order valence-corrected chi connectivity index (χ2v) is 6.69. The molecule has 0 bridgehead atoms. The molecule has 0 atom stereocenters. The maximum atomic E-state index is 5.97. The second-order valence-electron chi connectivity index (χ2n) is 6.69. The van der Waals surface area contributed by atoms with E-state index in [1.54, 1.807) is 7.11 Å². The molecule has 1 aliphatic carbocycles. The molecule has 0 unspecified atom stereocenters. The lowest BCUT2D eigenvalue weighted by atomic mass is 10.2. The highest BCUT2D eigenvalue weighted by atomic mass is 16.5. The number of pyridine rings is 1. The summed E-state index contributed by atoms with van der Waals surface area (Å²) in [5, 5.41) is 1.13. The molecule has 4 rings (SSSR count). The Balaban J connectivity index is 1.33. The summed E-state index contributed by atoms with van der Waals surface area (Å²) in [6.45, 7) is 0.896. The molecular weight excluding hydrogens is 362 g/mol. The predicted molar refractivity (Wildman–Crippen MR) is 114 cm³/mol. The summed E-state index contributed by atoms with van der Waals surface area (Å²) in [5.41, 5.74) is 2.91. The first kappa shape index (κ1) is 18.8. The summed E-state index contributed by atoms with van der Waals surface area (Å²) in [4.78, 5) is 4.66. The van der Waals surface area contributed by atoms with Crippen LogP contribution in [0.5, 0.6) is 5.75 Å². The molecule has 1 aromatic heterocycles. The van der Waals surface area contributed by atoms with Crippen LogP contribution in [0.3, 0.4) is 0 Å². The minimum absolute atomic E-state index is 0.440. The normalized spacial score (nSPS) is 13.4. The number of hydrogen-bond acceptors (Lipinski definition) is 4. The van der Waals surface area contributed by atoms with Gasteiger partial charge in [0.05, 0.1) is 18.3 Å². The van der Waals surface area contributed by atoms with Gasteiger partial charge in [0, 0.05) is 17.4 Å². The lowest BCUT2D eigenvalue weighted by Gasteiger charge is -2.11. The third kappa shape index (κ3) is 4.85. The van der Waals surface area contributed by atoms with Gasteiger partial charge in [-0.2, -0.15) is 0 Å². The molecule has 29 heavy (non-hydrogen) atoms. The van der Waals surface area contributed by atoms with Crippen LogP contribution in [0.2, 0.25) is 0 Å². The lowest BCUT2D eigenvalue weighted by molar-refractivity contribution is 0.188. The second kappa shape index (κ2) is 9.11. The Morgan fingerprint density at radius 1 is 0.897 bits per heavy atom. The van der Waals surface area contributed by atoms with E-state index in [-0.39, 0.29) is 0 Å². The molecule has 0 N–H and O–H groups in total. The standard InChI is InChI=1S/C25H23NO3/c1-27-25-12-5-3-8-20(25)17-28-22-9-6-10-23(16-15-22)29-18-21-14-13-19-7-2-4-11-24(19)26-21/h2-15H,16-18H2,1H3. The maximum absolute atomic E-state index is 5.97.